The Morgan fingerprint density at radius 2 is 2.33 bits per heavy atom. The van der Waals surface area contributed by atoms with Gasteiger partial charge in [-0.3, -0.25) is 0 Å². The van der Waals surface area contributed by atoms with Gasteiger partial charge in [0.25, 0.3) is 5.19 Å². The summed E-state index contributed by atoms with van der Waals surface area (Å²) >= 11 is 1.42. The van der Waals surface area contributed by atoms with Gasteiger partial charge in [-0.25, -0.2) is 4.98 Å². The molecule has 0 radical (unpaired) electrons. The van der Waals surface area contributed by atoms with Crippen LogP contribution >= 0.6 is 23.7 Å². The minimum atomic E-state index is -0.485. The highest BCUT2D eigenvalue weighted by Gasteiger charge is 2.06. The number of nitrogens with zero attached hydrogens (tertiary/aromatic N) is 1. The van der Waals surface area contributed by atoms with Gasteiger partial charge in [0.05, 0.1) is 0 Å². The summed E-state index contributed by atoms with van der Waals surface area (Å²) < 4.78 is 5.26. The molecule has 15 heavy (non-hydrogen) atoms. The van der Waals surface area contributed by atoms with Gasteiger partial charge in [0.15, 0.2) is 0 Å². The monoisotopic (exact) mass is 252 g/mol. The molecule has 1 unspecified atom stereocenters. The van der Waals surface area contributed by atoms with E-state index in [2.05, 4.69) is 10.3 Å². The molecule has 0 aliphatic carbocycles. The lowest BCUT2D eigenvalue weighted by molar-refractivity contribution is 0.104. The molecule has 0 aliphatic rings. The highest BCUT2D eigenvalue weighted by atomic mass is 35.5. The topological polar surface area (TPSA) is 54.4 Å². The van der Waals surface area contributed by atoms with Crippen LogP contribution in [0.3, 0.4) is 0 Å². The fourth-order valence-electron chi connectivity index (χ4n) is 0.880. The van der Waals surface area contributed by atoms with Crippen molar-refractivity contribution in [2.45, 2.75) is 26.0 Å². The number of ether oxygens (including phenoxy) is 1. The average Bonchev–Trinajstić information content (AvgIpc) is 2.63. The van der Waals surface area contributed by atoms with Gasteiger partial charge in [0, 0.05) is 24.2 Å². The summed E-state index contributed by atoms with van der Waals surface area (Å²) in [5.74, 6) is 0. The number of aromatic nitrogens is 1. The standard InChI is InChI=1S/C9H16N2O2S.ClH/c1-7(2)11-5-8(12)6-13-9-10-3-4-14-9;/h3-4,7-8,11-12H,5-6H2,1-2H3;1H. The lowest BCUT2D eigenvalue weighted by atomic mass is 10.3. The number of hydrogen-bond donors (Lipinski definition) is 2. The molecule has 0 saturated heterocycles. The molecule has 4 nitrogen and oxygen atoms in total. The summed E-state index contributed by atoms with van der Waals surface area (Å²) in [6.07, 6.45) is 1.19. The van der Waals surface area contributed by atoms with Crippen molar-refractivity contribution in [3.8, 4) is 5.19 Å². The van der Waals surface area contributed by atoms with E-state index >= 15 is 0 Å². The predicted molar refractivity (Wildman–Crippen MR) is 64.0 cm³/mol. The van der Waals surface area contributed by atoms with E-state index < -0.39 is 6.10 Å². The number of aliphatic hydroxyl groups is 1. The fourth-order valence-corrected chi connectivity index (χ4v) is 1.38. The van der Waals surface area contributed by atoms with Crippen molar-refractivity contribution in [1.82, 2.24) is 10.3 Å². The first kappa shape index (κ1) is 14.6. The van der Waals surface area contributed by atoms with Crippen molar-refractivity contribution in [2.24, 2.45) is 0 Å². The Bertz CT molecular complexity index is 244. The molecule has 0 fully saturated rings. The summed E-state index contributed by atoms with van der Waals surface area (Å²) in [6, 6.07) is 0.379. The molecular weight excluding hydrogens is 236 g/mol. The van der Waals surface area contributed by atoms with E-state index in [4.69, 9.17) is 4.74 Å². The maximum atomic E-state index is 9.49. The summed E-state index contributed by atoms with van der Waals surface area (Å²) in [7, 11) is 0. The molecule has 0 aromatic carbocycles. The summed E-state index contributed by atoms with van der Waals surface area (Å²) in [4.78, 5) is 3.95. The number of thiazole rings is 1. The van der Waals surface area contributed by atoms with E-state index in [1.165, 1.54) is 11.3 Å². The van der Waals surface area contributed by atoms with E-state index in [-0.39, 0.29) is 19.0 Å². The average molecular weight is 253 g/mol. The molecule has 88 valence electrons. The number of halogens is 1. The minimum Gasteiger partial charge on any atom is -0.467 e. The third-order valence-electron chi connectivity index (χ3n) is 1.57. The van der Waals surface area contributed by atoms with Crippen LogP contribution in [0.1, 0.15) is 13.8 Å². The molecule has 6 heteroatoms. The largest absolute Gasteiger partial charge is 0.467 e. The molecule has 0 amide bonds. The molecule has 1 atom stereocenters. The Morgan fingerprint density at radius 1 is 1.60 bits per heavy atom. The molecule has 0 saturated carbocycles. The van der Waals surface area contributed by atoms with Crippen molar-refractivity contribution < 1.29 is 9.84 Å². The maximum absolute atomic E-state index is 9.49. The van der Waals surface area contributed by atoms with E-state index in [1.807, 2.05) is 19.2 Å². The van der Waals surface area contributed by atoms with Crippen LogP contribution in [0.2, 0.25) is 0 Å². The summed E-state index contributed by atoms with van der Waals surface area (Å²) in [5, 5.41) is 15.1. The molecule has 0 bridgehead atoms. The Morgan fingerprint density at radius 3 is 2.87 bits per heavy atom. The molecule has 1 heterocycles. The second-order valence-electron chi connectivity index (χ2n) is 3.33. The Labute approximate surface area is 100 Å². The van der Waals surface area contributed by atoms with Crippen molar-refractivity contribution in [2.75, 3.05) is 13.2 Å². The van der Waals surface area contributed by atoms with Gasteiger partial charge < -0.3 is 15.2 Å². The van der Waals surface area contributed by atoms with Gasteiger partial charge in [-0.15, -0.1) is 12.4 Å². The van der Waals surface area contributed by atoms with Gasteiger partial charge in [-0.1, -0.05) is 25.2 Å². The van der Waals surface area contributed by atoms with Crippen molar-refractivity contribution in [3.05, 3.63) is 11.6 Å². The van der Waals surface area contributed by atoms with Crippen LogP contribution in [0.5, 0.6) is 5.19 Å². The Balaban J connectivity index is 0.00000196. The van der Waals surface area contributed by atoms with Crippen molar-refractivity contribution in [1.29, 1.82) is 0 Å². The van der Waals surface area contributed by atoms with Gasteiger partial charge >= 0.3 is 0 Å². The highest BCUT2D eigenvalue weighted by molar-refractivity contribution is 7.11. The van der Waals surface area contributed by atoms with Crippen LogP contribution < -0.4 is 10.1 Å². The second kappa shape index (κ2) is 7.87. The fraction of sp³-hybridized carbons (Fsp3) is 0.667. The lowest BCUT2D eigenvalue weighted by Gasteiger charge is -2.13. The lowest BCUT2D eigenvalue weighted by Crippen LogP contribution is -2.35. The first-order chi connectivity index (χ1) is 6.68. The van der Waals surface area contributed by atoms with Crippen molar-refractivity contribution >= 4 is 23.7 Å². The van der Waals surface area contributed by atoms with Crippen LogP contribution in [0.4, 0.5) is 0 Å². The number of rotatable bonds is 6. The number of aliphatic hydroxyl groups excluding tert-OH is 1. The molecule has 0 aliphatic heterocycles. The van der Waals surface area contributed by atoms with Gasteiger partial charge in [0.2, 0.25) is 0 Å². The Hall–Kier alpha value is -0.360. The number of nitrogens with one attached hydrogen (secondary N) is 1. The normalized spacial score (nSPS) is 12.3. The third kappa shape index (κ3) is 6.67. The van der Waals surface area contributed by atoms with Crippen LogP contribution in [0, 0.1) is 0 Å². The molecular formula is C9H17ClN2O2S. The maximum Gasteiger partial charge on any atom is 0.273 e. The van der Waals surface area contributed by atoms with Crippen LogP contribution in [-0.4, -0.2) is 35.4 Å². The zero-order chi connectivity index (χ0) is 10.4. The summed E-state index contributed by atoms with van der Waals surface area (Å²) in [5.41, 5.74) is 0. The molecule has 1 aromatic heterocycles. The van der Waals surface area contributed by atoms with E-state index in [1.54, 1.807) is 6.20 Å². The molecule has 2 N–H and O–H groups in total. The van der Waals surface area contributed by atoms with Crippen molar-refractivity contribution in [3.63, 3.8) is 0 Å². The third-order valence-corrected chi connectivity index (χ3v) is 2.25. The zero-order valence-corrected chi connectivity index (χ0v) is 10.5. The predicted octanol–water partition coefficient (Wildman–Crippen LogP) is 1.30. The van der Waals surface area contributed by atoms with Crippen LogP contribution in [-0.2, 0) is 0 Å². The van der Waals surface area contributed by atoms with Crippen LogP contribution in [0.15, 0.2) is 11.6 Å². The quantitative estimate of drug-likeness (QED) is 0.802. The Kier molecular flexibility index (Phi) is 7.68. The van der Waals surface area contributed by atoms with E-state index in [9.17, 15) is 5.11 Å². The van der Waals surface area contributed by atoms with Crippen LogP contribution in [0.25, 0.3) is 0 Å². The molecule has 1 aromatic rings. The van der Waals surface area contributed by atoms with E-state index in [0.29, 0.717) is 17.8 Å². The summed E-state index contributed by atoms with van der Waals surface area (Å²) in [6.45, 7) is 4.90. The SMILES string of the molecule is CC(C)NCC(O)COc1nccs1.Cl. The molecule has 0 spiro atoms. The van der Waals surface area contributed by atoms with Gasteiger partial charge in [-0.05, 0) is 0 Å². The number of hydrogen-bond acceptors (Lipinski definition) is 5. The first-order valence-corrected chi connectivity index (χ1v) is 5.50. The van der Waals surface area contributed by atoms with Gasteiger partial charge in [-0.2, -0.15) is 0 Å². The molecule has 1 rings (SSSR count). The minimum absolute atomic E-state index is 0. The first-order valence-electron chi connectivity index (χ1n) is 4.62. The second-order valence-corrected chi connectivity index (χ2v) is 4.18. The zero-order valence-electron chi connectivity index (χ0n) is 8.84. The van der Waals surface area contributed by atoms with Gasteiger partial charge in [0.1, 0.15) is 12.7 Å². The highest BCUT2D eigenvalue weighted by Crippen LogP contribution is 2.13. The van der Waals surface area contributed by atoms with E-state index in [0.717, 1.165) is 0 Å². The smallest absolute Gasteiger partial charge is 0.273 e.